The summed E-state index contributed by atoms with van der Waals surface area (Å²) in [4.78, 5) is 40.7. The first-order valence-electron chi connectivity index (χ1n) is 10.1. The Morgan fingerprint density at radius 2 is 1.75 bits per heavy atom. The van der Waals surface area contributed by atoms with E-state index in [1.807, 2.05) is 26.0 Å². The number of hydrogen-bond acceptors (Lipinski definition) is 4. The summed E-state index contributed by atoms with van der Waals surface area (Å²) in [6.07, 6.45) is 5.39. The highest BCUT2D eigenvalue weighted by Crippen LogP contribution is 2.36. The van der Waals surface area contributed by atoms with Gasteiger partial charge in [0.2, 0.25) is 5.91 Å². The fraction of sp³-hybridized carbons (Fsp3) is 0.571. The highest BCUT2D eigenvalue weighted by atomic mass is 16.5. The third kappa shape index (κ3) is 4.29. The Morgan fingerprint density at radius 1 is 1.11 bits per heavy atom. The van der Waals surface area contributed by atoms with E-state index in [9.17, 15) is 14.4 Å². The molecule has 0 unspecified atom stereocenters. The molecule has 0 saturated heterocycles. The number of ether oxygens (including phenoxy) is 1. The number of anilines is 2. The van der Waals surface area contributed by atoms with Gasteiger partial charge in [0.25, 0.3) is 0 Å². The fourth-order valence-corrected chi connectivity index (χ4v) is 3.85. The number of aryl methyl sites for hydroxylation is 2. The number of fused-ring (bicyclic) bond motifs is 1. The summed E-state index contributed by atoms with van der Waals surface area (Å²) >= 11 is 0. The third-order valence-corrected chi connectivity index (χ3v) is 5.54. The first kappa shape index (κ1) is 20.2. The number of carbonyl (C=O) groups excluding carboxylic acids is 3. The molecule has 1 fully saturated rings. The van der Waals surface area contributed by atoms with Crippen molar-refractivity contribution in [1.29, 1.82) is 0 Å². The molecule has 0 radical (unpaired) electrons. The van der Waals surface area contributed by atoms with Crippen LogP contribution in [0.4, 0.5) is 16.2 Å². The number of nitrogens with one attached hydrogen (secondary N) is 1. The Morgan fingerprint density at radius 3 is 2.39 bits per heavy atom. The summed E-state index contributed by atoms with van der Waals surface area (Å²) in [6.45, 7) is 5.67. The maximum atomic E-state index is 13.0. The zero-order valence-electron chi connectivity index (χ0n) is 16.9. The summed E-state index contributed by atoms with van der Waals surface area (Å²) in [5.41, 5.74) is 3.25. The van der Waals surface area contributed by atoms with Crippen LogP contribution < -0.4 is 15.1 Å². The molecular formula is C21H29N3O4. The van der Waals surface area contributed by atoms with Gasteiger partial charge in [0.15, 0.2) is 0 Å². The van der Waals surface area contributed by atoms with Crippen molar-refractivity contribution in [2.45, 2.75) is 58.9 Å². The van der Waals surface area contributed by atoms with E-state index in [1.165, 1.54) is 16.2 Å². The topological polar surface area (TPSA) is 79.0 Å². The molecule has 1 aliphatic heterocycles. The lowest BCUT2D eigenvalue weighted by Gasteiger charge is -2.37. The van der Waals surface area contributed by atoms with E-state index in [2.05, 4.69) is 5.32 Å². The van der Waals surface area contributed by atoms with Gasteiger partial charge in [0, 0.05) is 6.04 Å². The Labute approximate surface area is 166 Å². The molecule has 1 aliphatic carbocycles. The fourth-order valence-electron chi connectivity index (χ4n) is 3.85. The minimum Gasteiger partial charge on any atom is -0.465 e. The lowest BCUT2D eigenvalue weighted by Crippen LogP contribution is -2.54. The van der Waals surface area contributed by atoms with E-state index in [4.69, 9.17) is 4.74 Å². The molecule has 1 aromatic rings. The zero-order valence-corrected chi connectivity index (χ0v) is 16.9. The quantitative estimate of drug-likeness (QED) is 0.806. The standard InChI is InChI=1S/C21H29N3O4/c1-4-28-20(26)13-23-17-10-14(2)15(3)11-18(17)24(12-19(23)25)21(27)22-16-8-6-5-7-9-16/h10-11,16H,4-9,12-13H2,1-3H3,(H,22,27). The summed E-state index contributed by atoms with van der Waals surface area (Å²) in [5.74, 6) is -0.747. The van der Waals surface area contributed by atoms with Gasteiger partial charge in [-0.1, -0.05) is 19.3 Å². The van der Waals surface area contributed by atoms with E-state index < -0.39 is 5.97 Å². The van der Waals surface area contributed by atoms with Gasteiger partial charge >= 0.3 is 12.0 Å². The summed E-state index contributed by atoms with van der Waals surface area (Å²) in [6, 6.07) is 3.68. The smallest absolute Gasteiger partial charge is 0.326 e. The van der Waals surface area contributed by atoms with Gasteiger partial charge in [-0.25, -0.2) is 4.79 Å². The van der Waals surface area contributed by atoms with Crippen LogP contribution in [0.5, 0.6) is 0 Å². The first-order valence-corrected chi connectivity index (χ1v) is 10.1. The van der Waals surface area contributed by atoms with Crippen molar-refractivity contribution in [3.8, 4) is 0 Å². The molecule has 2 aliphatic rings. The Bertz CT molecular complexity index is 771. The predicted octanol–water partition coefficient (Wildman–Crippen LogP) is 3.06. The molecule has 0 atom stereocenters. The lowest BCUT2D eigenvalue weighted by atomic mass is 9.95. The number of benzene rings is 1. The van der Waals surface area contributed by atoms with Crippen molar-refractivity contribution in [3.05, 3.63) is 23.3 Å². The van der Waals surface area contributed by atoms with Crippen molar-refractivity contribution < 1.29 is 19.1 Å². The SMILES string of the molecule is CCOC(=O)CN1C(=O)CN(C(=O)NC2CCCCC2)c2cc(C)c(C)cc21. The lowest BCUT2D eigenvalue weighted by molar-refractivity contribution is -0.142. The molecule has 0 bridgehead atoms. The van der Waals surface area contributed by atoms with Crippen LogP contribution in [0.3, 0.4) is 0 Å². The van der Waals surface area contributed by atoms with E-state index in [1.54, 1.807) is 6.92 Å². The molecule has 1 saturated carbocycles. The second-order valence-corrected chi connectivity index (χ2v) is 7.58. The predicted molar refractivity (Wildman–Crippen MR) is 108 cm³/mol. The van der Waals surface area contributed by atoms with Gasteiger partial charge in [-0.15, -0.1) is 0 Å². The molecule has 152 valence electrons. The largest absolute Gasteiger partial charge is 0.465 e. The van der Waals surface area contributed by atoms with E-state index in [0.717, 1.165) is 36.8 Å². The molecule has 1 N–H and O–H groups in total. The van der Waals surface area contributed by atoms with Crippen LogP contribution >= 0.6 is 0 Å². The molecule has 7 heteroatoms. The monoisotopic (exact) mass is 387 g/mol. The number of hydrogen-bond donors (Lipinski definition) is 1. The maximum Gasteiger partial charge on any atom is 0.326 e. The Kier molecular flexibility index (Phi) is 6.21. The Hall–Kier alpha value is -2.57. The number of rotatable bonds is 4. The number of nitrogens with zero attached hydrogens (tertiary/aromatic N) is 2. The zero-order chi connectivity index (χ0) is 20.3. The number of carbonyl (C=O) groups is 3. The Balaban J connectivity index is 1.88. The molecule has 28 heavy (non-hydrogen) atoms. The second-order valence-electron chi connectivity index (χ2n) is 7.58. The molecule has 7 nitrogen and oxygen atoms in total. The average Bonchev–Trinajstić information content (AvgIpc) is 2.66. The average molecular weight is 387 g/mol. The van der Waals surface area contributed by atoms with Crippen LogP contribution in [0, 0.1) is 13.8 Å². The first-order chi connectivity index (χ1) is 13.4. The van der Waals surface area contributed by atoms with Gasteiger partial charge in [-0.2, -0.15) is 0 Å². The van der Waals surface area contributed by atoms with Crippen molar-refractivity contribution in [2.24, 2.45) is 0 Å². The molecule has 1 heterocycles. The van der Waals surface area contributed by atoms with Crippen molar-refractivity contribution >= 4 is 29.3 Å². The van der Waals surface area contributed by atoms with Gasteiger partial charge < -0.3 is 10.1 Å². The maximum absolute atomic E-state index is 13.0. The van der Waals surface area contributed by atoms with Gasteiger partial charge in [-0.05, 0) is 56.9 Å². The van der Waals surface area contributed by atoms with Crippen LogP contribution in [0.15, 0.2) is 12.1 Å². The highest BCUT2D eigenvalue weighted by molar-refractivity contribution is 6.12. The normalized spacial score (nSPS) is 17.3. The van der Waals surface area contributed by atoms with Crippen LogP contribution in [-0.2, 0) is 14.3 Å². The van der Waals surface area contributed by atoms with Crippen molar-refractivity contribution in [2.75, 3.05) is 29.5 Å². The van der Waals surface area contributed by atoms with Crippen LogP contribution in [0.1, 0.15) is 50.2 Å². The second kappa shape index (κ2) is 8.63. The summed E-state index contributed by atoms with van der Waals surface area (Å²) < 4.78 is 5.01. The summed E-state index contributed by atoms with van der Waals surface area (Å²) in [5, 5.41) is 3.08. The van der Waals surface area contributed by atoms with Crippen molar-refractivity contribution in [3.63, 3.8) is 0 Å². The molecule has 0 aromatic heterocycles. The summed E-state index contributed by atoms with van der Waals surface area (Å²) in [7, 11) is 0. The minimum absolute atomic E-state index is 0.0898. The van der Waals surface area contributed by atoms with E-state index >= 15 is 0 Å². The number of amides is 3. The minimum atomic E-state index is -0.458. The van der Waals surface area contributed by atoms with Crippen LogP contribution in [-0.4, -0.2) is 43.6 Å². The van der Waals surface area contributed by atoms with Crippen LogP contribution in [0.2, 0.25) is 0 Å². The molecular weight excluding hydrogens is 358 g/mol. The molecule has 1 aromatic carbocycles. The van der Waals surface area contributed by atoms with Crippen LogP contribution in [0.25, 0.3) is 0 Å². The third-order valence-electron chi connectivity index (χ3n) is 5.54. The highest BCUT2D eigenvalue weighted by Gasteiger charge is 2.35. The van der Waals surface area contributed by atoms with E-state index in [0.29, 0.717) is 11.4 Å². The molecule has 3 rings (SSSR count). The van der Waals surface area contributed by atoms with Gasteiger partial charge in [-0.3, -0.25) is 19.4 Å². The molecule has 3 amide bonds. The molecule has 0 spiro atoms. The van der Waals surface area contributed by atoms with Crippen molar-refractivity contribution in [1.82, 2.24) is 5.32 Å². The van der Waals surface area contributed by atoms with Gasteiger partial charge in [0.05, 0.1) is 18.0 Å². The van der Waals surface area contributed by atoms with E-state index in [-0.39, 0.29) is 37.7 Å². The number of urea groups is 1. The number of esters is 1. The van der Waals surface area contributed by atoms with Gasteiger partial charge in [0.1, 0.15) is 13.1 Å².